The third-order valence-corrected chi connectivity index (χ3v) is 5.69. The van der Waals surface area contributed by atoms with Gasteiger partial charge in [-0.15, -0.1) is 22.4 Å². The lowest BCUT2D eigenvalue weighted by Crippen LogP contribution is -2.42. The lowest BCUT2D eigenvalue weighted by molar-refractivity contribution is 0.382. The summed E-state index contributed by atoms with van der Waals surface area (Å²) in [7, 11) is 4.28. The van der Waals surface area contributed by atoms with Crippen molar-refractivity contribution in [1.29, 1.82) is 0 Å². The fourth-order valence-electron chi connectivity index (χ4n) is 3.83. The Morgan fingerprint density at radius 2 is 1.46 bits per heavy atom. The first-order valence-corrected chi connectivity index (χ1v) is 15.2. The molecule has 1 rings (SSSR count). The van der Waals surface area contributed by atoms with Crippen molar-refractivity contribution in [2.75, 3.05) is 20.3 Å². The fraction of sp³-hybridized carbons (Fsp3) is 0.529. The van der Waals surface area contributed by atoms with Crippen LogP contribution in [-0.4, -0.2) is 32.3 Å². The maximum absolute atomic E-state index is 4.37. The van der Waals surface area contributed by atoms with Crippen molar-refractivity contribution in [3.05, 3.63) is 98.2 Å². The quantitative estimate of drug-likeness (QED) is 0.0995. The van der Waals surface area contributed by atoms with E-state index in [4.69, 9.17) is 0 Å². The molecule has 0 bridgehead atoms. The molecule has 0 aliphatic rings. The van der Waals surface area contributed by atoms with E-state index in [1.807, 2.05) is 19.8 Å². The highest BCUT2D eigenvalue weighted by Gasteiger charge is 2.21. The van der Waals surface area contributed by atoms with Crippen LogP contribution in [-0.2, 0) is 6.42 Å². The third kappa shape index (κ3) is 23.2. The number of hydrogen-bond donors (Lipinski definition) is 4. The van der Waals surface area contributed by atoms with Crippen LogP contribution in [0.4, 0.5) is 0 Å². The molecular weight excluding hydrogens is 495 g/mol. The number of rotatable bonds is 15. The Labute approximate surface area is 246 Å². The minimum atomic E-state index is 0.187. The van der Waals surface area contributed by atoms with Gasteiger partial charge in [-0.3, -0.25) is 0 Å². The second-order valence-electron chi connectivity index (χ2n) is 10.9. The summed E-state index contributed by atoms with van der Waals surface area (Å²) in [4.78, 5) is 0. The molecule has 0 spiro atoms. The molecule has 1 aromatic rings. The first-order valence-electron chi connectivity index (χ1n) is 14.1. The molecule has 1 aromatic carbocycles. The van der Waals surface area contributed by atoms with Crippen molar-refractivity contribution in [3.8, 4) is 0 Å². The Bertz CT molecular complexity index is 793. The maximum atomic E-state index is 4.37. The highest BCUT2D eigenvalue weighted by molar-refractivity contribution is 7.15. The van der Waals surface area contributed by atoms with E-state index < -0.39 is 0 Å². The van der Waals surface area contributed by atoms with E-state index in [0.29, 0.717) is 5.92 Å². The second kappa shape index (κ2) is 24.6. The topological polar surface area (TPSA) is 48.1 Å². The minimum Gasteiger partial charge on any atom is -0.375 e. The van der Waals surface area contributed by atoms with Crippen molar-refractivity contribution in [2.45, 2.75) is 86.2 Å². The predicted octanol–water partition coefficient (Wildman–Crippen LogP) is 8.20. The van der Waals surface area contributed by atoms with E-state index in [1.54, 1.807) is 0 Å². The van der Waals surface area contributed by atoms with E-state index in [0.717, 1.165) is 49.4 Å². The van der Waals surface area contributed by atoms with Gasteiger partial charge in [0.15, 0.2) is 0 Å². The van der Waals surface area contributed by atoms with Gasteiger partial charge in [0.1, 0.15) is 0 Å². The van der Waals surface area contributed by atoms with Gasteiger partial charge in [-0.2, -0.15) is 0 Å². The van der Waals surface area contributed by atoms with E-state index >= 15 is 0 Å². The van der Waals surface area contributed by atoms with Gasteiger partial charge in [0, 0.05) is 19.6 Å². The molecule has 0 amide bonds. The van der Waals surface area contributed by atoms with Crippen LogP contribution in [0.1, 0.15) is 73.3 Å². The number of hydrogen-bond acceptors (Lipinski definition) is 4. The first kappa shape index (κ1) is 41.0. The zero-order valence-electron chi connectivity index (χ0n) is 27.0. The van der Waals surface area contributed by atoms with Crippen molar-refractivity contribution < 1.29 is 0 Å². The summed E-state index contributed by atoms with van der Waals surface area (Å²) in [6.45, 7) is 40.7. The molecule has 2 unspecified atom stereocenters. The largest absolute Gasteiger partial charge is 0.375 e. The molecule has 39 heavy (non-hydrogen) atoms. The molecule has 4 nitrogen and oxygen atoms in total. The molecule has 0 heterocycles. The predicted molar refractivity (Wildman–Crippen MR) is 184 cm³/mol. The highest BCUT2D eigenvalue weighted by Crippen LogP contribution is 2.26. The molecular formula is C34H63N4P. The zero-order chi connectivity index (χ0) is 31.0. The van der Waals surface area contributed by atoms with Crippen LogP contribution in [0.15, 0.2) is 92.6 Å². The third-order valence-electron chi connectivity index (χ3n) is 5.69. The van der Waals surface area contributed by atoms with Crippen molar-refractivity contribution in [3.63, 3.8) is 0 Å². The molecule has 3 atom stereocenters. The Morgan fingerprint density at radius 1 is 0.923 bits per heavy atom. The molecule has 4 N–H and O–H groups in total. The Kier molecular flexibility index (Phi) is 25.9. The molecule has 0 radical (unpaired) electrons. The monoisotopic (exact) mass is 558 g/mol. The van der Waals surface area contributed by atoms with E-state index in [1.165, 1.54) is 11.1 Å². The molecule has 0 aliphatic carbocycles. The summed E-state index contributed by atoms with van der Waals surface area (Å²) in [6, 6.07) is 10.9. The maximum Gasteiger partial charge on any atom is 0.0921 e. The molecule has 0 fully saturated rings. The van der Waals surface area contributed by atoms with Crippen LogP contribution in [0.3, 0.4) is 0 Å². The normalized spacial score (nSPS) is 11.5. The Balaban J connectivity index is -0.000000892. The Hall–Kier alpha value is -2.45. The van der Waals surface area contributed by atoms with E-state index in [-0.39, 0.29) is 17.5 Å². The van der Waals surface area contributed by atoms with Gasteiger partial charge in [0.25, 0.3) is 0 Å². The van der Waals surface area contributed by atoms with Gasteiger partial charge in [0.05, 0.1) is 17.7 Å². The highest BCUT2D eigenvalue weighted by atomic mass is 31.0. The molecule has 0 aromatic heterocycles. The summed E-state index contributed by atoms with van der Waals surface area (Å²) >= 11 is 0. The van der Waals surface area contributed by atoms with Crippen LogP contribution in [0.25, 0.3) is 0 Å². The lowest BCUT2D eigenvalue weighted by atomic mass is 9.85. The first-order chi connectivity index (χ1) is 18.3. The lowest BCUT2D eigenvalue weighted by Gasteiger charge is -2.31. The zero-order valence-corrected chi connectivity index (χ0v) is 28.1. The van der Waals surface area contributed by atoms with Gasteiger partial charge in [-0.1, -0.05) is 116 Å². The molecule has 0 saturated heterocycles. The summed E-state index contributed by atoms with van der Waals surface area (Å²) in [5.74, 6) is 2.14. The summed E-state index contributed by atoms with van der Waals surface area (Å²) in [6.07, 6.45) is 4.12. The van der Waals surface area contributed by atoms with Crippen LogP contribution >= 0.6 is 9.24 Å². The summed E-state index contributed by atoms with van der Waals surface area (Å²) in [5.41, 5.74) is 3.96. The second-order valence-corrected chi connectivity index (χ2v) is 10.9. The van der Waals surface area contributed by atoms with Crippen molar-refractivity contribution >= 4 is 9.24 Å². The molecule has 224 valence electrons. The van der Waals surface area contributed by atoms with Crippen LogP contribution in [0, 0.1) is 11.3 Å². The average Bonchev–Trinajstić information content (AvgIpc) is 2.90. The molecule has 0 aliphatic heterocycles. The standard InChI is InChI=1S/C23H44N4.C8H10.C2H4.CH5P/c1-16(2)22(17(3)4)27-20(7)26-21(18(5)15-23(8,9)10)13-12-14-25-19(6)24-11;1-2-8-6-4-3-5-7-8;2*1-2/h17,21-22,24-27H,1,5-7,12-15H2,2-4,8-11H3;3-7H,2H2,1H3;1-2H2;2H2,1H3/t21-,22?;;;/m0.../s1. The minimum absolute atomic E-state index is 0.187. The van der Waals surface area contributed by atoms with Crippen LogP contribution < -0.4 is 21.3 Å². The van der Waals surface area contributed by atoms with Crippen molar-refractivity contribution in [1.82, 2.24) is 21.3 Å². The number of aryl methyl sites for hydroxylation is 1. The molecule has 0 saturated carbocycles. The average molecular weight is 559 g/mol. The van der Waals surface area contributed by atoms with E-state index in [2.05, 4.69) is 143 Å². The summed E-state index contributed by atoms with van der Waals surface area (Å²) in [5, 5.41) is 13.4. The van der Waals surface area contributed by atoms with Crippen LogP contribution in [0.2, 0.25) is 0 Å². The van der Waals surface area contributed by atoms with Gasteiger partial charge in [-0.25, -0.2) is 0 Å². The SMILES string of the molecule is C=C.C=C(NC)NCCC[C@H](NC(=C)NC(C(=C)C)C(C)C)C(=C)CC(C)(C)C.CCc1ccccc1.CP. The van der Waals surface area contributed by atoms with Gasteiger partial charge < -0.3 is 21.3 Å². The van der Waals surface area contributed by atoms with Crippen LogP contribution in [0.5, 0.6) is 0 Å². The summed E-state index contributed by atoms with van der Waals surface area (Å²) < 4.78 is 0. The van der Waals surface area contributed by atoms with E-state index in [9.17, 15) is 0 Å². The van der Waals surface area contributed by atoms with Crippen molar-refractivity contribution in [2.24, 2.45) is 11.3 Å². The fourth-order valence-corrected chi connectivity index (χ4v) is 3.83. The van der Waals surface area contributed by atoms with Gasteiger partial charge in [-0.05, 0) is 49.5 Å². The van der Waals surface area contributed by atoms with Gasteiger partial charge in [0.2, 0.25) is 0 Å². The number of nitrogens with one attached hydrogen (secondary N) is 4. The van der Waals surface area contributed by atoms with Gasteiger partial charge >= 0.3 is 0 Å². The Morgan fingerprint density at radius 3 is 1.85 bits per heavy atom. The molecule has 5 heteroatoms. The smallest absolute Gasteiger partial charge is 0.0921 e. The number of benzene rings is 1.